The maximum atomic E-state index is 5.26. The molecule has 118 valence electrons. The highest BCUT2D eigenvalue weighted by molar-refractivity contribution is 5.80. The van der Waals surface area contributed by atoms with Crippen LogP contribution in [0.15, 0.2) is 59.8 Å². The van der Waals surface area contributed by atoms with Gasteiger partial charge in [0.15, 0.2) is 0 Å². The summed E-state index contributed by atoms with van der Waals surface area (Å²) in [7, 11) is 3.37. The summed E-state index contributed by atoms with van der Waals surface area (Å²) >= 11 is 0. The minimum absolute atomic E-state index is 0.626. The number of rotatable bonds is 4. The first-order valence-corrected chi connectivity index (χ1v) is 7.93. The van der Waals surface area contributed by atoms with Gasteiger partial charge >= 0.3 is 0 Å². The number of methoxy groups -OCH3 is 2. The smallest absolute Gasteiger partial charge is 0.118 e. The Morgan fingerprint density at radius 3 is 1.43 bits per heavy atom. The Morgan fingerprint density at radius 2 is 1.13 bits per heavy atom. The van der Waals surface area contributed by atoms with E-state index in [0.29, 0.717) is 11.8 Å². The molecule has 0 saturated heterocycles. The number of hydrogen-bond donors (Lipinski definition) is 0. The average Bonchev–Trinajstić information content (AvgIpc) is 3.18. The second-order valence-corrected chi connectivity index (χ2v) is 5.99. The lowest BCUT2D eigenvalue weighted by Crippen LogP contribution is -1.89. The molecule has 0 spiro atoms. The van der Waals surface area contributed by atoms with Gasteiger partial charge in [-0.15, -0.1) is 5.73 Å². The van der Waals surface area contributed by atoms with Crippen LogP contribution in [-0.2, 0) is 0 Å². The van der Waals surface area contributed by atoms with E-state index in [0.717, 1.165) is 28.2 Å². The van der Waals surface area contributed by atoms with E-state index in [2.05, 4.69) is 43.8 Å². The van der Waals surface area contributed by atoms with Gasteiger partial charge in [-0.3, -0.25) is 0 Å². The molecule has 2 aromatic carbocycles. The molecule has 2 heteroatoms. The zero-order valence-electron chi connectivity index (χ0n) is 14.1. The molecule has 0 unspecified atom stereocenters. The molecule has 0 amide bonds. The van der Waals surface area contributed by atoms with Crippen LogP contribution in [0.1, 0.15) is 25.0 Å². The van der Waals surface area contributed by atoms with Crippen molar-refractivity contribution in [2.45, 2.75) is 13.8 Å². The predicted octanol–water partition coefficient (Wildman–Crippen LogP) is 4.95. The first-order chi connectivity index (χ1) is 11.1. The Morgan fingerprint density at radius 1 is 0.739 bits per heavy atom. The average molecular weight is 306 g/mol. The van der Waals surface area contributed by atoms with Crippen LogP contribution in [0.3, 0.4) is 0 Å². The van der Waals surface area contributed by atoms with Crippen molar-refractivity contribution in [3.63, 3.8) is 0 Å². The summed E-state index contributed by atoms with van der Waals surface area (Å²) in [6.45, 7) is 4.51. The van der Waals surface area contributed by atoms with E-state index in [1.807, 2.05) is 24.3 Å². The Hall–Kier alpha value is -2.44. The normalized spacial score (nSPS) is 19.0. The second kappa shape index (κ2) is 6.36. The zero-order chi connectivity index (χ0) is 16.4. The molecule has 0 heterocycles. The second-order valence-electron chi connectivity index (χ2n) is 5.99. The summed E-state index contributed by atoms with van der Waals surface area (Å²) in [4.78, 5) is 0. The topological polar surface area (TPSA) is 18.5 Å². The standard InChI is InChI=1S/C21H22O2/c1-14-15(2)20(14)13-21(16-5-9-18(22-3)10-6-16)17-7-11-19(23-4)12-8-17/h5-12,14-15H,1-4H3/t14-,15+. The van der Waals surface area contributed by atoms with Gasteiger partial charge in [0, 0.05) is 5.57 Å². The van der Waals surface area contributed by atoms with Crippen molar-refractivity contribution in [1.82, 2.24) is 0 Å². The largest absolute Gasteiger partial charge is 0.497 e. The van der Waals surface area contributed by atoms with E-state index in [1.54, 1.807) is 14.2 Å². The van der Waals surface area contributed by atoms with Crippen LogP contribution in [0.2, 0.25) is 0 Å². The molecule has 2 aromatic rings. The Kier molecular flexibility index (Phi) is 4.27. The van der Waals surface area contributed by atoms with Gasteiger partial charge in [0.05, 0.1) is 14.2 Å². The molecule has 0 radical (unpaired) electrons. The van der Waals surface area contributed by atoms with Crippen molar-refractivity contribution in [2.24, 2.45) is 11.8 Å². The molecule has 1 fully saturated rings. The molecular weight excluding hydrogens is 284 g/mol. The monoisotopic (exact) mass is 306 g/mol. The highest BCUT2D eigenvalue weighted by Gasteiger charge is 2.35. The van der Waals surface area contributed by atoms with Gasteiger partial charge < -0.3 is 9.47 Å². The minimum atomic E-state index is 0.626. The van der Waals surface area contributed by atoms with Crippen molar-refractivity contribution in [3.05, 3.63) is 71.0 Å². The van der Waals surface area contributed by atoms with Crippen molar-refractivity contribution >= 4 is 5.57 Å². The Labute approximate surface area is 138 Å². The van der Waals surface area contributed by atoms with Crippen molar-refractivity contribution < 1.29 is 9.47 Å². The lowest BCUT2D eigenvalue weighted by atomic mass is 9.98. The van der Waals surface area contributed by atoms with Crippen LogP contribution in [-0.4, -0.2) is 14.2 Å². The summed E-state index contributed by atoms with van der Waals surface area (Å²) < 4.78 is 10.5. The molecule has 0 bridgehead atoms. The van der Waals surface area contributed by atoms with Crippen LogP contribution in [0.25, 0.3) is 5.57 Å². The maximum Gasteiger partial charge on any atom is 0.118 e. The molecule has 2 atom stereocenters. The third-order valence-electron chi connectivity index (χ3n) is 4.65. The maximum absolute atomic E-state index is 5.26. The van der Waals surface area contributed by atoms with Crippen molar-refractivity contribution in [1.29, 1.82) is 0 Å². The number of benzene rings is 2. The predicted molar refractivity (Wildman–Crippen MR) is 93.9 cm³/mol. The lowest BCUT2D eigenvalue weighted by Gasteiger charge is -2.08. The highest BCUT2D eigenvalue weighted by Crippen LogP contribution is 2.44. The summed E-state index contributed by atoms with van der Waals surface area (Å²) in [6, 6.07) is 16.3. The zero-order valence-corrected chi connectivity index (χ0v) is 14.1. The van der Waals surface area contributed by atoms with Gasteiger partial charge in [-0.2, -0.15) is 0 Å². The highest BCUT2D eigenvalue weighted by atomic mass is 16.5. The summed E-state index contributed by atoms with van der Waals surface area (Å²) in [5.74, 6) is 2.98. The van der Waals surface area contributed by atoms with Gasteiger partial charge in [-0.1, -0.05) is 38.1 Å². The fraction of sp³-hybridized carbons (Fsp3) is 0.286. The molecule has 0 aromatic heterocycles. The van der Waals surface area contributed by atoms with Gasteiger partial charge in [0.1, 0.15) is 11.5 Å². The SMILES string of the molecule is COc1ccc(C(=C=C2[C@@H](C)[C@H]2C)c2ccc(OC)cc2)cc1. The Balaban J connectivity index is 2.08. The quantitative estimate of drug-likeness (QED) is 0.744. The minimum Gasteiger partial charge on any atom is -0.497 e. The third-order valence-corrected chi connectivity index (χ3v) is 4.65. The lowest BCUT2D eigenvalue weighted by molar-refractivity contribution is 0.414. The van der Waals surface area contributed by atoms with Crippen LogP contribution in [0, 0.1) is 11.8 Å². The first kappa shape index (κ1) is 15.5. The van der Waals surface area contributed by atoms with Gasteiger partial charge in [-0.05, 0) is 52.8 Å². The van der Waals surface area contributed by atoms with Crippen molar-refractivity contribution in [3.8, 4) is 11.5 Å². The third kappa shape index (κ3) is 3.18. The van der Waals surface area contributed by atoms with Crippen LogP contribution < -0.4 is 9.47 Å². The summed E-state index contributed by atoms with van der Waals surface area (Å²) in [5, 5.41) is 0. The molecule has 1 aliphatic rings. The van der Waals surface area contributed by atoms with Crippen LogP contribution in [0.4, 0.5) is 0 Å². The van der Waals surface area contributed by atoms with Crippen molar-refractivity contribution in [2.75, 3.05) is 14.2 Å². The van der Waals surface area contributed by atoms with Crippen LogP contribution in [0.5, 0.6) is 11.5 Å². The van der Waals surface area contributed by atoms with E-state index < -0.39 is 0 Å². The molecular formula is C21H22O2. The fourth-order valence-corrected chi connectivity index (χ4v) is 2.77. The Bertz CT molecular complexity index is 688. The van der Waals surface area contributed by atoms with Crippen LogP contribution >= 0.6 is 0 Å². The molecule has 1 saturated carbocycles. The molecule has 3 rings (SSSR count). The molecule has 1 aliphatic carbocycles. The van der Waals surface area contributed by atoms with Gasteiger partial charge in [0.2, 0.25) is 0 Å². The van der Waals surface area contributed by atoms with Gasteiger partial charge in [0.25, 0.3) is 0 Å². The van der Waals surface area contributed by atoms with E-state index in [4.69, 9.17) is 9.47 Å². The molecule has 0 aliphatic heterocycles. The first-order valence-electron chi connectivity index (χ1n) is 7.93. The van der Waals surface area contributed by atoms with E-state index >= 15 is 0 Å². The number of allylic oxidation sites excluding steroid dienone is 1. The van der Waals surface area contributed by atoms with Gasteiger partial charge in [-0.25, -0.2) is 0 Å². The number of ether oxygens (including phenoxy) is 2. The van der Waals surface area contributed by atoms with E-state index in [1.165, 1.54) is 5.57 Å². The fourth-order valence-electron chi connectivity index (χ4n) is 2.77. The van der Waals surface area contributed by atoms with E-state index in [-0.39, 0.29) is 0 Å². The molecule has 23 heavy (non-hydrogen) atoms. The summed E-state index contributed by atoms with van der Waals surface area (Å²) in [6.07, 6.45) is 0. The molecule has 0 N–H and O–H groups in total. The summed E-state index contributed by atoms with van der Waals surface area (Å²) in [5.41, 5.74) is 8.47. The molecule has 2 nitrogen and oxygen atoms in total. The van der Waals surface area contributed by atoms with E-state index in [9.17, 15) is 0 Å². The number of hydrogen-bond acceptors (Lipinski definition) is 2.